The summed E-state index contributed by atoms with van der Waals surface area (Å²) in [6.07, 6.45) is 0.996. The summed E-state index contributed by atoms with van der Waals surface area (Å²) >= 11 is 0. The van der Waals surface area contributed by atoms with Crippen molar-refractivity contribution < 1.29 is 9.90 Å². The number of hydrogen-bond donors (Lipinski definition) is 1. The third-order valence-corrected chi connectivity index (χ3v) is 2.10. The summed E-state index contributed by atoms with van der Waals surface area (Å²) in [6.45, 7) is 1.72. The van der Waals surface area contributed by atoms with E-state index in [0.29, 0.717) is 6.42 Å². The molecule has 1 amide bonds. The topological polar surface area (TPSA) is 40.5 Å². The molecule has 0 spiro atoms. The smallest absolute Gasteiger partial charge is 0.222 e. The lowest BCUT2D eigenvalue weighted by atomic mass is 10.1. The number of aliphatic hydroxyl groups is 1. The molecule has 0 bridgehead atoms. The van der Waals surface area contributed by atoms with Gasteiger partial charge < -0.3 is 10.0 Å². The first-order valence-corrected chi connectivity index (χ1v) is 3.56. The van der Waals surface area contributed by atoms with Gasteiger partial charge in [-0.3, -0.25) is 4.79 Å². The Balaban J connectivity index is 2.57. The molecule has 1 fully saturated rings. The highest BCUT2D eigenvalue weighted by atomic mass is 16.3. The lowest BCUT2D eigenvalue weighted by molar-refractivity contribution is -0.128. The highest BCUT2D eigenvalue weighted by molar-refractivity contribution is 5.78. The van der Waals surface area contributed by atoms with Crippen molar-refractivity contribution in [3.8, 4) is 0 Å². The number of hydrogen-bond acceptors (Lipinski definition) is 2. The maximum absolute atomic E-state index is 10.9. The maximum Gasteiger partial charge on any atom is 0.222 e. The van der Waals surface area contributed by atoms with Gasteiger partial charge in [-0.2, -0.15) is 0 Å². The third-order valence-electron chi connectivity index (χ3n) is 2.10. The quantitative estimate of drug-likeness (QED) is 0.560. The summed E-state index contributed by atoms with van der Waals surface area (Å²) in [7, 11) is 1.74. The Bertz CT molecular complexity index is 145. The van der Waals surface area contributed by atoms with E-state index in [1.54, 1.807) is 18.9 Å². The van der Waals surface area contributed by atoms with Crippen molar-refractivity contribution in [1.29, 1.82) is 0 Å². The van der Waals surface area contributed by atoms with Crippen molar-refractivity contribution in [1.82, 2.24) is 4.90 Å². The molecule has 1 saturated heterocycles. The Hall–Kier alpha value is -0.570. The van der Waals surface area contributed by atoms with Crippen molar-refractivity contribution in [2.75, 3.05) is 7.05 Å². The number of likely N-dealkylation sites (tertiary alicyclic amines) is 1. The van der Waals surface area contributed by atoms with E-state index in [-0.39, 0.29) is 11.9 Å². The largest absolute Gasteiger partial charge is 0.391 e. The molecule has 1 aliphatic rings. The zero-order chi connectivity index (χ0) is 7.72. The molecule has 2 unspecified atom stereocenters. The fourth-order valence-corrected chi connectivity index (χ4v) is 1.39. The van der Waals surface area contributed by atoms with Crippen LogP contribution in [0.3, 0.4) is 0 Å². The number of amides is 1. The van der Waals surface area contributed by atoms with Crippen molar-refractivity contribution in [2.45, 2.75) is 31.9 Å². The Morgan fingerprint density at radius 3 is 2.60 bits per heavy atom. The Labute approximate surface area is 60.6 Å². The molecule has 1 heterocycles. The first kappa shape index (κ1) is 7.54. The van der Waals surface area contributed by atoms with Gasteiger partial charge >= 0.3 is 0 Å². The number of nitrogens with zero attached hydrogens (tertiary/aromatic N) is 1. The molecular formula is C7H13NO2. The van der Waals surface area contributed by atoms with Crippen LogP contribution in [0, 0.1) is 0 Å². The van der Waals surface area contributed by atoms with Gasteiger partial charge in [-0.1, -0.05) is 0 Å². The number of rotatable bonds is 1. The van der Waals surface area contributed by atoms with Gasteiger partial charge in [-0.05, 0) is 13.3 Å². The monoisotopic (exact) mass is 143 g/mol. The highest BCUT2D eigenvalue weighted by Gasteiger charge is 2.30. The lowest BCUT2D eigenvalue weighted by Crippen LogP contribution is -2.36. The van der Waals surface area contributed by atoms with E-state index >= 15 is 0 Å². The molecule has 0 saturated carbocycles. The minimum absolute atomic E-state index is 0.0486. The molecule has 3 heteroatoms. The van der Waals surface area contributed by atoms with Crippen molar-refractivity contribution in [2.24, 2.45) is 0 Å². The van der Waals surface area contributed by atoms with E-state index in [9.17, 15) is 4.79 Å². The average molecular weight is 143 g/mol. The van der Waals surface area contributed by atoms with Gasteiger partial charge in [0.15, 0.2) is 0 Å². The summed E-state index contributed by atoms with van der Waals surface area (Å²) in [4.78, 5) is 12.5. The van der Waals surface area contributed by atoms with Crippen molar-refractivity contribution in [3.63, 3.8) is 0 Å². The summed E-state index contributed by atoms with van der Waals surface area (Å²) < 4.78 is 0. The van der Waals surface area contributed by atoms with E-state index in [1.807, 2.05) is 0 Å². The van der Waals surface area contributed by atoms with Crippen LogP contribution in [-0.2, 0) is 4.79 Å². The van der Waals surface area contributed by atoms with Gasteiger partial charge in [-0.25, -0.2) is 0 Å². The molecule has 1 aliphatic heterocycles. The molecule has 0 aromatic rings. The maximum atomic E-state index is 10.9. The average Bonchev–Trinajstić information content (AvgIpc) is 2.14. The van der Waals surface area contributed by atoms with Crippen LogP contribution >= 0.6 is 0 Å². The molecule has 58 valence electrons. The first-order valence-electron chi connectivity index (χ1n) is 3.56. The molecule has 10 heavy (non-hydrogen) atoms. The number of likely N-dealkylation sites (N-methyl/N-ethyl adjacent to an activating group) is 1. The van der Waals surface area contributed by atoms with E-state index < -0.39 is 6.10 Å². The van der Waals surface area contributed by atoms with Gasteiger partial charge in [0.1, 0.15) is 0 Å². The van der Waals surface area contributed by atoms with Crippen LogP contribution < -0.4 is 0 Å². The highest BCUT2D eigenvalue weighted by Crippen LogP contribution is 2.18. The number of aliphatic hydroxyl groups excluding tert-OH is 1. The fraction of sp³-hybridized carbons (Fsp3) is 0.857. The van der Waals surface area contributed by atoms with Gasteiger partial charge in [-0.15, -0.1) is 0 Å². The first-order chi connectivity index (χ1) is 4.63. The minimum atomic E-state index is -0.392. The SMILES string of the molecule is CC(O)C1CCC(=O)N1C. The van der Waals surface area contributed by atoms with E-state index in [0.717, 1.165) is 6.42 Å². The number of carbonyl (C=O) groups excluding carboxylic acids is 1. The normalized spacial score (nSPS) is 29.3. The van der Waals surface area contributed by atoms with E-state index in [1.165, 1.54) is 0 Å². The number of carbonyl (C=O) groups is 1. The molecular weight excluding hydrogens is 130 g/mol. The molecule has 0 aromatic heterocycles. The molecule has 0 aliphatic carbocycles. The second kappa shape index (κ2) is 2.58. The van der Waals surface area contributed by atoms with Crippen LogP contribution in [0.15, 0.2) is 0 Å². The molecule has 2 atom stereocenters. The predicted molar refractivity (Wildman–Crippen MR) is 37.5 cm³/mol. The third kappa shape index (κ3) is 1.14. The van der Waals surface area contributed by atoms with Crippen molar-refractivity contribution in [3.05, 3.63) is 0 Å². The van der Waals surface area contributed by atoms with Gasteiger partial charge in [0.05, 0.1) is 12.1 Å². The minimum Gasteiger partial charge on any atom is -0.391 e. The Morgan fingerprint density at radius 1 is 1.80 bits per heavy atom. The Kier molecular flexibility index (Phi) is 1.94. The van der Waals surface area contributed by atoms with Gasteiger partial charge in [0.25, 0.3) is 0 Å². The zero-order valence-electron chi connectivity index (χ0n) is 6.37. The van der Waals surface area contributed by atoms with Crippen LogP contribution in [0.1, 0.15) is 19.8 Å². The molecule has 1 rings (SSSR count). The van der Waals surface area contributed by atoms with Crippen LogP contribution in [0.4, 0.5) is 0 Å². The predicted octanol–water partition coefficient (Wildman–Crippen LogP) is -0.0120. The van der Waals surface area contributed by atoms with Gasteiger partial charge in [0.2, 0.25) is 5.91 Å². The molecule has 0 radical (unpaired) electrons. The van der Waals surface area contributed by atoms with E-state index in [4.69, 9.17) is 5.11 Å². The van der Waals surface area contributed by atoms with Gasteiger partial charge in [0, 0.05) is 13.5 Å². The van der Waals surface area contributed by atoms with Crippen molar-refractivity contribution >= 4 is 5.91 Å². The Morgan fingerprint density at radius 2 is 2.40 bits per heavy atom. The van der Waals surface area contributed by atoms with Crippen LogP contribution in [-0.4, -0.2) is 35.1 Å². The summed E-state index contributed by atoms with van der Waals surface area (Å²) in [6, 6.07) is 0.0486. The summed E-state index contributed by atoms with van der Waals surface area (Å²) in [5.74, 6) is 0.144. The lowest BCUT2D eigenvalue weighted by Gasteiger charge is -2.21. The fourth-order valence-electron chi connectivity index (χ4n) is 1.39. The second-order valence-electron chi connectivity index (χ2n) is 2.85. The summed E-state index contributed by atoms with van der Waals surface area (Å²) in [5.41, 5.74) is 0. The molecule has 0 aromatic carbocycles. The van der Waals surface area contributed by atoms with Crippen LogP contribution in [0.5, 0.6) is 0 Å². The van der Waals surface area contributed by atoms with E-state index in [2.05, 4.69) is 0 Å². The molecule has 1 N–H and O–H groups in total. The van der Waals surface area contributed by atoms with Crippen LogP contribution in [0.25, 0.3) is 0 Å². The standard InChI is InChI=1S/C7H13NO2/c1-5(9)6-3-4-7(10)8(6)2/h5-6,9H,3-4H2,1-2H3. The molecule has 3 nitrogen and oxygen atoms in total. The summed E-state index contributed by atoms with van der Waals surface area (Å²) in [5, 5.41) is 9.15. The zero-order valence-corrected chi connectivity index (χ0v) is 6.37. The second-order valence-corrected chi connectivity index (χ2v) is 2.85. The van der Waals surface area contributed by atoms with Crippen LogP contribution in [0.2, 0.25) is 0 Å².